The van der Waals surface area contributed by atoms with Crippen molar-refractivity contribution in [2.24, 2.45) is 0 Å². The van der Waals surface area contributed by atoms with E-state index in [9.17, 15) is 14.7 Å². The van der Waals surface area contributed by atoms with Crippen LogP contribution in [0.5, 0.6) is 5.75 Å². The maximum Gasteiger partial charge on any atom is 0.347 e. The molecule has 0 unspecified atom stereocenters. The third-order valence-electron chi connectivity index (χ3n) is 5.45. The number of rotatable bonds is 9. The van der Waals surface area contributed by atoms with Gasteiger partial charge in [-0.2, -0.15) is 0 Å². The molecule has 172 valence electrons. The second-order valence-corrected chi connectivity index (χ2v) is 7.24. The quantitative estimate of drug-likeness (QED) is 0.500. The van der Waals surface area contributed by atoms with E-state index in [0.29, 0.717) is 5.75 Å². The van der Waals surface area contributed by atoms with Crippen LogP contribution in [0.3, 0.4) is 0 Å². The molecular formula is C26H26O7. The zero-order chi connectivity index (χ0) is 23.9. The molecule has 0 fully saturated rings. The Kier molecular flexibility index (Phi) is 7.48. The average molecular weight is 450 g/mol. The predicted molar refractivity (Wildman–Crippen MR) is 120 cm³/mol. The highest BCUT2D eigenvalue weighted by molar-refractivity contribution is 5.94. The smallest absolute Gasteiger partial charge is 0.347 e. The zero-order valence-electron chi connectivity index (χ0n) is 18.7. The van der Waals surface area contributed by atoms with Crippen LogP contribution < -0.4 is 4.74 Å². The molecule has 0 bridgehead atoms. The van der Waals surface area contributed by atoms with Crippen molar-refractivity contribution < 1.29 is 33.6 Å². The van der Waals surface area contributed by atoms with Crippen molar-refractivity contribution in [2.75, 3.05) is 21.3 Å². The molecule has 3 aromatic carbocycles. The summed E-state index contributed by atoms with van der Waals surface area (Å²) in [7, 11) is 3.79. The number of ether oxygens (including phenoxy) is 4. The van der Waals surface area contributed by atoms with Crippen LogP contribution >= 0.6 is 0 Å². The van der Waals surface area contributed by atoms with E-state index in [4.69, 9.17) is 18.9 Å². The standard InChI is InChI=1S/C26H26O7/c1-30-22-16-14-21(15-17-22)26(24(28)32-3,33-18-19-10-6-4-7-11-19)25(29,23(27)31-2)20-12-8-5-9-13-20/h4-17,29H,18H2,1-3H3/t25-,26+/m0/s1. The topological polar surface area (TPSA) is 91.3 Å². The highest BCUT2D eigenvalue weighted by Gasteiger charge is 2.66. The molecule has 0 amide bonds. The lowest BCUT2D eigenvalue weighted by molar-refractivity contribution is -0.232. The van der Waals surface area contributed by atoms with Crippen molar-refractivity contribution in [3.05, 3.63) is 102 Å². The van der Waals surface area contributed by atoms with E-state index < -0.39 is 23.1 Å². The van der Waals surface area contributed by atoms with Crippen LogP contribution in [0.25, 0.3) is 0 Å². The number of esters is 2. The van der Waals surface area contributed by atoms with Gasteiger partial charge in [0.05, 0.1) is 27.9 Å². The first-order valence-electron chi connectivity index (χ1n) is 10.2. The van der Waals surface area contributed by atoms with E-state index in [1.54, 1.807) is 42.5 Å². The highest BCUT2D eigenvalue weighted by atomic mass is 16.6. The van der Waals surface area contributed by atoms with E-state index in [1.165, 1.54) is 31.4 Å². The molecule has 0 aliphatic rings. The Labute approximate surface area is 192 Å². The van der Waals surface area contributed by atoms with Gasteiger partial charge in [-0.3, -0.25) is 0 Å². The van der Waals surface area contributed by atoms with Gasteiger partial charge in [-0.05, 0) is 28.8 Å². The molecule has 0 saturated carbocycles. The lowest BCUT2D eigenvalue weighted by atomic mass is 9.72. The third kappa shape index (κ3) is 4.33. The fourth-order valence-electron chi connectivity index (χ4n) is 3.75. The number of carbonyl (C=O) groups is 2. The summed E-state index contributed by atoms with van der Waals surface area (Å²) < 4.78 is 21.5. The first-order chi connectivity index (χ1) is 15.9. The molecule has 1 N–H and O–H groups in total. The fraction of sp³-hybridized carbons (Fsp3) is 0.231. The second kappa shape index (κ2) is 10.3. The lowest BCUT2D eigenvalue weighted by Gasteiger charge is -2.43. The van der Waals surface area contributed by atoms with Crippen LogP contribution in [0, 0.1) is 0 Å². The Morgan fingerprint density at radius 3 is 1.79 bits per heavy atom. The van der Waals surface area contributed by atoms with Crippen LogP contribution in [-0.2, 0) is 41.6 Å². The Bertz CT molecular complexity index is 1070. The van der Waals surface area contributed by atoms with Crippen LogP contribution in [0.1, 0.15) is 16.7 Å². The van der Waals surface area contributed by atoms with Crippen molar-refractivity contribution >= 4 is 11.9 Å². The van der Waals surface area contributed by atoms with E-state index in [2.05, 4.69) is 0 Å². The Morgan fingerprint density at radius 2 is 1.27 bits per heavy atom. The minimum absolute atomic E-state index is 0.103. The molecular weight excluding hydrogens is 424 g/mol. The van der Waals surface area contributed by atoms with E-state index in [-0.39, 0.29) is 17.7 Å². The molecule has 0 aliphatic carbocycles. The summed E-state index contributed by atoms with van der Waals surface area (Å²) in [6.07, 6.45) is 0. The van der Waals surface area contributed by atoms with Gasteiger partial charge in [-0.15, -0.1) is 0 Å². The minimum Gasteiger partial charge on any atom is -0.497 e. The van der Waals surface area contributed by atoms with Gasteiger partial charge >= 0.3 is 11.9 Å². The van der Waals surface area contributed by atoms with E-state index >= 15 is 0 Å². The summed E-state index contributed by atoms with van der Waals surface area (Å²) in [5.74, 6) is -1.54. The van der Waals surface area contributed by atoms with Gasteiger partial charge in [0.15, 0.2) is 0 Å². The van der Waals surface area contributed by atoms with E-state index in [0.717, 1.165) is 19.8 Å². The third-order valence-corrected chi connectivity index (χ3v) is 5.45. The van der Waals surface area contributed by atoms with Crippen molar-refractivity contribution in [1.82, 2.24) is 0 Å². The fourth-order valence-corrected chi connectivity index (χ4v) is 3.75. The Morgan fingerprint density at radius 1 is 0.727 bits per heavy atom. The number of methoxy groups -OCH3 is 3. The van der Waals surface area contributed by atoms with Gasteiger partial charge in [-0.25, -0.2) is 9.59 Å². The Balaban J connectivity index is 2.32. The SMILES string of the molecule is COC(=O)[C@@](O)(c1ccccc1)[C@](OCc1ccccc1)(C(=O)OC)c1ccc(OC)cc1. The van der Waals surface area contributed by atoms with Crippen LogP contribution in [0.4, 0.5) is 0 Å². The van der Waals surface area contributed by atoms with Crippen LogP contribution in [0.2, 0.25) is 0 Å². The van der Waals surface area contributed by atoms with Crippen LogP contribution in [-0.4, -0.2) is 38.4 Å². The van der Waals surface area contributed by atoms with Crippen LogP contribution in [0.15, 0.2) is 84.9 Å². The van der Waals surface area contributed by atoms with Gasteiger partial charge in [-0.1, -0.05) is 72.8 Å². The zero-order valence-corrected chi connectivity index (χ0v) is 18.7. The summed E-state index contributed by atoms with van der Waals surface area (Å²) in [4.78, 5) is 26.7. The molecule has 0 aliphatic heterocycles. The molecule has 0 heterocycles. The average Bonchev–Trinajstić information content (AvgIpc) is 2.89. The summed E-state index contributed by atoms with van der Waals surface area (Å²) in [6.45, 7) is -0.103. The summed E-state index contributed by atoms with van der Waals surface area (Å²) in [6, 6.07) is 23.4. The maximum absolute atomic E-state index is 13.5. The maximum atomic E-state index is 13.5. The summed E-state index contributed by atoms with van der Waals surface area (Å²) in [5.41, 5.74) is -3.88. The second-order valence-electron chi connectivity index (χ2n) is 7.24. The predicted octanol–water partition coefficient (Wildman–Crippen LogP) is 3.34. The monoisotopic (exact) mass is 450 g/mol. The van der Waals surface area contributed by atoms with Gasteiger partial charge in [0.2, 0.25) is 11.2 Å². The number of carbonyl (C=O) groups excluding carboxylic acids is 2. The highest BCUT2D eigenvalue weighted by Crippen LogP contribution is 2.46. The van der Waals surface area contributed by atoms with E-state index in [1.807, 2.05) is 18.2 Å². The van der Waals surface area contributed by atoms with Crippen molar-refractivity contribution in [2.45, 2.75) is 17.8 Å². The molecule has 7 heteroatoms. The lowest BCUT2D eigenvalue weighted by Crippen LogP contribution is -2.61. The first kappa shape index (κ1) is 24.0. The number of hydrogen-bond donors (Lipinski definition) is 1. The summed E-state index contributed by atoms with van der Waals surface area (Å²) >= 11 is 0. The van der Waals surface area contributed by atoms with Crippen molar-refractivity contribution in [3.63, 3.8) is 0 Å². The number of hydrogen-bond acceptors (Lipinski definition) is 7. The molecule has 33 heavy (non-hydrogen) atoms. The first-order valence-corrected chi connectivity index (χ1v) is 10.2. The minimum atomic E-state index is -2.58. The molecule has 0 saturated heterocycles. The largest absolute Gasteiger partial charge is 0.497 e. The molecule has 2 atom stereocenters. The van der Waals surface area contributed by atoms with Gasteiger partial charge in [0.1, 0.15) is 5.75 Å². The molecule has 3 aromatic rings. The summed E-state index contributed by atoms with van der Waals surface area (Å²) in [5, 5.41) is 12.1. The van der Waals surface area contributed by atoms with Crippen molar-refractivity contribution in [1.29, 1.82) is 0 Å². The molecule has 0 spiro atoms. The van der Waals surface area contributed by atoms with Gasteiger partial charge < -0.3 is 24.1 Å². The normalized spacial score (nSPS) is 14.4. The van der Waals surface area contributed by atoms with Gasteiger partial charge in [0, 0.05) is 0 Å². The molecule has 0 radical (unpaired) electrons. The Hall–Kier alpha value is -3.68. The van der Waals surface area contributed by atoms with Gasteiger partial charge in [0.25, 0.3) is 0 Å². The number of benzene rings is 3. The molecule has 0 aromatic heterocycles. The number of aliphatic hydroxyl groups is 1. The van der Waals surface area contributed by atoms with Crippen molar-refractivity contribution in [3.8, 4) is 5.75 Å². The molecule has 7 nitrogen and oxygen atoms in total. The molecule has 3 rings (SSSR count).